The molecule has 0 unspecified atom stereocenters. The van der Waals surface area contributed by atoms with Crippen LogP contribution in [0.3, 0.4) is 0 Å². The van der Waals surface area contributed by atoms with E-state index in [0.717, 1.165) is 16.5 Å². The number of aliphatic carboxylic acids is 1. The van der Waals surface area contributed by atoms with Gasteiger partial charge in [-0.3, -0.25) is 9.18 Å². The van der Waals surface area contributed by atoms with E-state index in [0.29, 0.717) is 19.4 Å². The van der Waals surface area contributed by atoms with Gasteiger partial charge in [0.25, 0.3) is 0 Å². The van der Waals surface area contributed by atoms with Crippen molar-refractivity contribution in [1.82, 2.24) is 4.57 Å². The van der Waals surface area contributed by atoms with Gasteiger partial charge in [0.05, 0.1) is 6.67 Å². The first-order valence-electron chi connectivity index (χ1n) is 6.07. The Bertz CT molecular complexity index is 548. The van der Waals surface area contributed by atoms with Crippen LogP contribution in [-0.2, 0) is 17.8 Å². The van der Waals surface area contributed by atoms with E-state index in [2.05, 4.69) is 0 Å². The number of hydrogen-bond donors (Lipinski definition) is 1. The third kappa shape index (κ3) is 2.70. The summed E-state index contributed by atoms with van der Waals surface area (Å²) in [7, 11) is 0. The molecule has 0 amide bonds. The minimum absolute atomic E-state index is 0.122. The van der Waals surface area contributed by atoms with Crippen molar-refractivity contribution in [2.75, 3.05) is 6.67 Å². The zero-order valence-corrected chi connectivity index (χ0v) is 10.1. The van der Waals surface area contributed by atoms with Crippen LogP contribution in [0.15, 0.2) is 30.5 Å². The lowest BCUT2D eigenvalue weighted by atomic mass is 10.1. The lowest BCUT2D eigenvalue weighted by Gasteiger charge is -2.02. The second-order valence-electron chi connectivity index (χ2n) is 4.30. The Balaban J connectivity index is 2.31. The number of rotatable bonds is 6. The minimum Gasteiger partial charge on any atom is -0.481 e. The van der Waals surface area contributed by atoms with E-state index < -0.39 is 5.97 Å². The summed E-state index contributed by atoms with van der Waals surface area (Å²) in [6.45, 7) is 0.293. The largest absolute Gasteiger partial charge is 0.481 e. The van der Waals surface area contributed by atoms with Gasteiger partial charge in [0.2, 0.25) is 0 Å². The highest BCUT2D eigenvalue weighted by Gasteiger charge is 2.09. The third-order valence-electron chi connectivity index (χ3n) is 3.01. The number of fused-ring (bicyclic) bond motifs is 1. The lowest BCUT2D eigenvalue weighted by Crippen LogP contribution is -1.98. The standard InChI is InChI=1S/C14H16FNO2/c15-8-3-9-16-10-11(6-7-14(17)18)12-4-1-2-5-13(12)16/h1-2,4-5,10H,3,6-9H2,(H,17,18). The molecule has 0 fully saturated rings. The summed E-state index contributed by atoms with van der Waals surface area (Å²) in [6, 6.07) is 7.84. The van der Waals surface area contributed by atoms with Crippen LogP contribution in [0.2, 0.25) is 0 Å². The Morgan fingerprint density at radius 3 is 2.83 bits per heavy atom. The van der Waals surface area contributed by atoms with E-state index in [1.807, 2.05) is 35.0 Å². The normalized spacial score (nSPS) is 10.9. The fourth-order valence-corrected chi connectivity index (χ4v) is 2.18. The zero-order valence-electron chi connectivity index (χ0n) is 10.1. The first-order chi connectivity index (χ1) is 8.72. The van der Waals surface area contributed by atoms with Crippen molar-refractivity contribution >= 4 is 16.9 Å². The minimum atomic E-state index is -0.796. The maximum atomic E-state index is 12.2. The van der Waals surface area contributed by atoms with Crippen molar-refractivity contribution in [2.45, 2.75) is 25.8 Å². The van der Waals surface area contributed by atoms with Crippen molar-refractivity contribution in [3.8, 4) is 0 Å². The molecule has 2 aromatic rings. The molecule has 1 aromatic carbocycles. The summed E-state index contributed by atoms with van der Waals surface area (Å²) in [5.41, 5.74) is 2.07. The van der Waals surface area contributed by atoms with E-state index in [4.69, 9.17) is 5.11 Å². The molecule has 1 heterocycles. The molecule has 2 rings (SSSR count). The molecule has 3 nitrogen and oxygen atoms in total. The number of aromatic nitrogens is 1. The van der Waals surface area contributed by atoms with Gasteiger partial charge in [-0.1, -0.05) is 18.2 Å². The molecule has 4 heteroatoms. The maximum Gasteiger partial charge on any atom is 0.303 e. The highest BCUT2D eigenvalue weighted by molar-refractivity contribution is 5.84. The van der Waals surface area contributed by atoms with Gasteiger partial charge < -0.3 is 9.67 Å². The fraction of sp³-hybridized carbons (Fsp3) is 0.357. The van der Waals surface area contributed by atoms with Crippen molar-refractivity contribution in [3.63, 3.8) is 0 Å². The molecule has 0 spiro atoms. The Labute approximate surface area is 105 Å². The smallest absolute Gasteiger partial charge is 0.303 e. The number of carbonyl (C=O) groups is 1. The second-order valence-corrected chi connectivity index (χ2v) is 4.30. The molecule has 96 valence electrons. The number of para-hydroxylation sites is 1. The van der Waals surface area contributed by atoms with Gasteiger partial charge in [-0.25, -0.2) is 0 Å². The number of halogens is 1. The van der Waals surface area contributed by atoms with Crippen LogP contribution in [0.5, 0.6) is 0 Å². The summed E-state index contributed by atoms with van der Waals surface area (Å²) >= 11 is 0. The predicted molar refractivity (Wildman–Crippen MR) is 68.5 cm³/mol. The SMILES string of the molecule is O=C(O)CCc1cn(CCCF)c2ccccc12. The van der Waals surface area contributed by atoms with Gasteiger partial charge in [0.1, 0.15) is 0 Å². The molecular weight excluding hydrogens is 233 g/mol. The molecular formula is C14H16FNO2. The molecule has 0 atom stereocenters. The van der Waals surface area contributed by atoms with Crippen molar-refractivity contribution in [1.29, 1.82) is 0 Å². The van der Waals surface area contributed by atoms with Crippen molar-refractivity contribution in [3.05, 3.63) is 36.0 Å². The molecule has 1 N–H and O–H groups in total. The summed E-state index contributed by atoms with van der Waals surface area (Å²) in [5, 5.41) is 9.81. The van der Waals surface area contributed by atoms with Crippen LogP contribution < -0.4 is 0 Å². The van der Waals surface area contributed by atoms with Gasteiger partial charge >= 0.3 is 5.97 Å². The van der Waals surface area contributed by atoms with Crippen LogP contribution >= 0.6 is 0 Å². The van der Waals surface area contributed by atoms with Crippen LogP contribution in [-0.4, -0.2) is 22.3 Å². The van der Waals surface area contributed by atoms with E-state index in [-0.39, 0.29) is 13.1 Å². The molecule has 0 aliphatic heterocycles. The Kier molecular flexibility index (Phi) is 3.97. The van der Waals surface area contributed by atoms with Crippen molar-refractivity contribution < 1.29 is 14.3 Å². The molecule has 0 saturated heterocycles. The van der Waals surface area contributed by atoms with Crippen LogP contribution in [0.25, 0.3) is 10.9 Å². The number of carboxylic acid groups (broad SMARTS) is 1. The zero-order chi connectivity index (χ0) is 13.0. The first-order valence-corrected chi connectivity index (χ1v) is 6.07. The molecule has 0 radical (unpaired) electrons. The number of nitrogens with zero attached hydrogens (tertiary/aromatic N) is 1. The average Bonchev–Trinajstić information content (AvgIpc) is 2.72. The molecule has 1 aromatic heterocycles. The number of hydrogen-bond acceptors (Lipinski definition) is 1. The van der Waals surface area contributed by atoms with E-state index in [9.17, 15) is 9.18 Å². The first kappa shape index (κ1) is 12.6. The summed E-state index contributed by atoms with van der Waals surface area (Å²) < 4.78 is 14.3. The van der Waals surface area contributed by atoms with Gasteiger partial charge in [0.15, 0.2) is 0 Å². The van der Waals surface area contributed by atoms with E-state index in [1.54, 1.807) is 0 Å². The van der Waals surface area contributed by atoms with E-state index in [1.165, 1.54) is 0 Å². The molecule has 0 aliphatic carbocycles. The van der Waals surface area contributed by atoms with Gasteiger partial charge in [-0.05, 0) is 24.5 Å². The topological polar surface area (TPSA) is 42.2 Å². The quantitative estimate of drug-likeness (QED) is 0.855. The highest BCUT2D eigenvalue weighted by Crippen LogP contribution is 2.22. The van der Waals surface area contributed by atoms with E-state index >= 15 is 0 Å². The Hall–Kier alpha value is -1.84. The highest BCUT2D eigenvalue weighted by atomic mass is 19.1. The Morgan fingerprint density at radius 2 is 2.11 bits per heavy atom. The average molecular weight is 249 g/mol. The number of aryl methyl sites for hydroxylation is 2. The summed E-state index contributed by atoms with van der Waals surface area (Å²) in [6.07, 6.45) is 3.07. The molecule has 0 aliphatic rings. The molecule has 0 bridgehead atoms. The van der Waals surface area contributed by atoms with Crippen LogP contribution in [0, 0.1) is 0 Å². The van der Waals surface area contributed by atoms with Crippen LogP contribution in [0.1, 0.15) is 18.4 Å². The fourth-order valence-electron chi connectivity index (χ4n) is 2.18. The molecule has 18 heavy (non-hydrogen) atoms. The monoisotopic (exact) mass is 249 g/mol. The number of carboxylic acids is 1. The number of benzene rings is 1. The second kappa shape index (κ2) is 5.67. The predicted octanol–water partition coefficient (Wildman–Crippen LogP) is 3.02. The van der Waals surface area contributed by atoms with Gasteiger partial charge in [-0.15, -0.1) is 0 Å². The summed E-state index contributed by atoms with van der Waals surface area (Å²) in [5.74, 6) is -0.796. The maximum absolute atomic E-state index is 12.2. The van der Waals surface area contributed by atoms with Gasteiger partial charge in [0, 0.05) is 30.1 Å². The van der Waals surface area contributed by atoms with Crippen molar-refractivity contribution in [2.24, 2.45) is 0 Å². The van der Waals surface area contributed by atoms with Crippen LogP contribution in [0.4, 0.5) is 4.39 Å². The number of alkyl halides is 1. The summed E-state index contributed by atoms with van der Waals surface area (Å²) in [4.78, 5) is 10.6. The van der Waals surface area contributed by atoms with Gasteiger partial charge in [-0.2, -0.15) is 0 Å². The molecule has 0 saturated carbocycles. The lowest BCUT2D eigenvalue weighted by molar-refractivity contribution is -0.136. The third-order valence-corrected chi connectivity index (χ3v) is 3.01. The Morgan fingerprint density at radius 1 is 1.33 bits per heavy atom.